The van der Waals surface area contributed by atoms with Gasteiger partial charge in [0.15, 0.2) is 9.84 Å². The van der Waals surface area contributed by atoms with Gasteiger partial charge in [-0.05, 0) is 27.7 Å². The van der Waals surface area contributed by atoms with Gasteiger partial charge in [0.05, 0.1) is 5.75 Å². The van der Waals surface area contributed by atoms with Crippen molar-refractivity contribution < 1.29 is 17.9 Å². The Labute approximate surface area is 90.9 Å². The zero-order valence-electron chi connectivity index (χ0n) is 9.61. The summed E-state index contributed by atoms with van der Waals surface area (Å²) in [5, 5.41) is 0. The van der Waals surface area contributed by atoms with Crippen LogP contribution in [0.5, 0.6) is 0 Å². The molecule has 5 nitrogen and oxygen atoms in total. The van der Waals surface area contributed by atoms with Crippen LogP contribution in [0.4, 0.5) is 0 Å². The van der Waals surface area contributed by atoms with Crippen LogP contribution in [-0.4, -0.2) is 37.5 Å². The molecule has 0 amide bonds. The number of nitrogens with two attached hydrogens (primary N) is 1. The number of hydrogen-bond donors (Lipinski definition) is 1. The molecule has 0 aromatic carbocycles. The molecular weight excluding hydrogens is 218 g/mol. The number of carbonyl (C=O) groups excluding carboxylic acids is 1. The topological polar surface area (TPSA) is 86.5 Å². The van der Waals surface area contributed by atoms with Gasteiger partial charge < -0.3 is 10.5 Å². The molecule has 0 aromatic rings. The first-order valence-corrected chi connectivity index (χ1v) is 6.52. The van der Waals surface area contributed by atoms with Crippen molar-refractivity contribution in [1.29, 1.82) is 0 Å². The van der Waals surface area contributed by atoms with Crippen molar-refractivity contribution in [3.63, 3.8) is 0 Å². The zero-order valence-corrected chi connectivity index (χ0v) is 10.4. The molecule has 0 aliphatic carbocycles. The summed E-state index contributed by atoms with van der Waals surface area (Å²) in [5.41, 5.74) is 4.68. The molecule has 1 unspecified atom stereocenters. The first-order chi connectivity index (χ1) is 6.52. The SMILES string of the molecule is CC(N)CS(=O)(=O)CC(=O)OC(C)(C)C. The highest BCUT2D eigenvalue weighted by atomic mass is 32.2. The molecule has 0 bridgehead atoms. The minimum Gasteiger partial charge on any atom is -0.459 e. The van der Waals surface area contributed by atoms with Crippen LogP contribution in [0.15, 0.2) is 0 Å². The Kier molecular flexibility index (Phi) is 4.73. The quantitative estimate of drug-likeness (QED) is 0.700. The maximum Gasteiger partial charge on any atom is 0.321 e. The second-order valence-corrected chi connectivity index (χ2v) is 6.73. The normalized spacial score (nSPS) is 14.7. The zero-order chi connectivity index (χ0) is 12.3. The van der Waals surface area contributed by atoms with E-state index in [1.165, 1.54) is 0 Å². The Morgan fingerprint density at radius 3 is 2.20 bits per heavy atom. The molecule has 90 valence electrons. The number of carbonyl (C=O) groups is 1. The molecule has 0 rings (SSSR count). The van der Waals surface area contributed by atoms with E-state index in [2.05, 4.69) is 0 Å². The van der Waals surface area contributed by atoms with E-state index >= 15 is 0 Å². The summed E-state index contributed by atoms with van der Waals surface area (Å²) in [6, 6.07) is -0.475. The van der Waals surface area contributed by atoms with Crippen molar-refractivity contribution in [2.24, 2.45) is 5.73 Å². The lowest BCUT2D eigenvalue weighted by atomic mass is 10.2. The lowest BCUT2D eigenvalue weighted by Gasteiger charge is -2.19. The molecule has 0 saturated heterocycles. The lowest BCUT2D eigenvalue weighted by Crippen LogP contribution is -2.33. The Hall–Kier alpha value is -0.620. The van der Waals surface area contributed by atoms with E-state index in [-0.39, 0.29) is 5.75 Å². The fourth-order valence-corrected chi connectivity index (χ4v) is 2.35. The van der Waals surface area contributed by atoms with E-state index in [1.54, 1.807) is 27.7 Å². The average molecular weight is 237 g/mol. The van der Waals surface area contributed by atoms with Crippen LogP contribution in [-0.2, 0) is 19.4 Å². The molecule has 0 spiro atoms. The maximum atomic E-state index is 11.4. The van der Waals surface area contributed by atoms with Crippen molar-refractivity contribution in [3.05, 3.63) is 0 Å². The van der Waals surface area contributed by atoms with Gasteiger partial charge in [-0.25, -0.2) is 8.42 Å². The van der Waals surface area contributed by atoms with Crippen LogP contribution in [0.25, 0.3) is 0 Å². The number of esters is 1. The molecule has 0 aliphatic rings. The van der Waals surface area contributed by atoms with Crippen LogP contribution < -0.4 is 5.73 Å². The minimum absolute atomic E-state index is 0.202. The largest absolute Gasteiger partial charge is 0.459 e. The average Bonchev–Trinajstić information content (AvgIpc) is 1.73. The lowest BCUT2D eigenvalue weighted by molar-refractivity contribution is -0.151. The molecule has 0 radical (unpaired) electrons. The smallest absolute Gasteiger partial charge is 0.321 e. The number of ether oxygens (including phenoxy) is 1. The van der Waals surface area contributed by atoms with Crippen LogP contribution in [0.2, 0.25) is 0 Å². The van der Waals surface area contributed by atoms with Crippen LogP contribution in [0, 0.1) is 0 Å². The van der Waals surface area contributed by atoms with Gasteiger partial charge in [-0.15, -0.1) is 0 Å². The van der Waals surface area contributed by atoms with E-state index in [0.717, 1.165) is 0 Å². The summed E-state index contributed by atoms with van der Waals surface area (Å²) in [5.74, 6) is -1.54. The fourth-order valence-electron chi connectivity index (χ4n) is 1.01. The Morgan fingerprint density at radius 2 is 1.87 bits per heavy atom. The Bertz CT molecular complexity index is 313. The highest BCUT2D eigenvalue weighted by Gasteiger charge is 2.23. The van der Waals surface area contributed by atoms with Gasteiger partial charge in [-0.2, -0.15) is 0 Å². The summed E-state index contributed by atoms with van der Waals surface area (Å²) in [6.07, 6.45) is 0. The van der Waals surface area contributed by atoms with Crippen LogP contribution >= 0.6 is 0 Å². The maximum absolute atomic E-state index is 11.4. The fraction of sp³-hybridized carbons (Fsp3) is 0.889. The number of hydrogen-bond acceptors (Lipinski definition) is 5. The molecular formula is C9H19NO4S. The summed E-state index contributed by atoms with van der Waals surface area (Å²) < 4.78 is 27.6. The predicted octanol–water partition coefficient (Wildman–Crippen LogP) is 0.0901. The van der Waals surface area contributed by atoms with Gasteiger partial charge in [0.1, 0.15) is 11.4 Å². The van der Waals surface area contributed by atoms with E-state index in [4.69, 9.17) is 10.5 Å². The molecule has 1 atom stereocenters. The predicted molar refractivity (Wildman–Crippen MR) is 58.1 cm³/mol. The van der Waals surface area contributed by atoms with Crippen molar-refractivity contribution in [2.45, 2.75) is 39.3 Å². The highest BCUT2D eigenvalue weighted by molar-refractivity contribution is 7.92. The standard InChI is InChI=1S/C9H19NO4S/c1-7(10)5-15(12,13)6-8(11)14-9(2,3)4/h7H,5-6,10H2,1-4H3. The van der Waals surface area contributed by atoms with E-state index in [9.17, 15) is 13.2 Å². The third kappa shape index (κ3) is 8.38. The molecule has 0 fully saturated rings. The molecule has 0 aromatic heterocycles. The van der Waals surface area contributed by atoms with Crippen LogP contribution in [0.1, 0.15) is 27.7 Å². The van der Waals surface area contributed by atoms with Gasteiger partial charge in [-0.3, -0.25) is 4.79 Å². The van der Waals surface area contributed by atoms with E-state index in [1.807, 2.05) is 0 Å². The molecule has 6 heteroatoms. The highest BCUT2D eigenvalue weighted by Crippen LogP contribution is 2.08. The summed E-state index contributed by atoms with van der Waals surface area (Å²) in [6.45, 7) is 6.63. The Balaban J connectivity index is 4.30. The number of sulfone groups is 1. The monoisotopic (exact) mass is 237 g/mol. The van der Waals surface area contributed by atoms with Crippen molar-refractivity contribution in [3.8, 4) is 0 Å². The second kappa shape index (κ2) is 4.94. The number of rotatable bonds is 4. The van der Waals surface area contributed by atoms with Gasteiger partial charge in [0.25, 0.3) is 0 Å². The first-order valence-electron chi connectivity index (χ1n) is 4.70. The molecule has 15 heavy (non-hydrogen) atoms. The molecule has 0 saturated carbocycles. The molecule has 0 aliphatic heterocycles. The first kappa shape index (κ1) is 14.4. The second-order valence-electron chi connectivity index (χ2n) is 4.62. The molecule has 2 N–H and O–H groups in total. The van der Waals surface area contributed by atoms with E-state index in [0.29, 0.717) is 0 Å². The van der Waals surface area contributed by atoms with Crippen molar-refractivity contribution >= 4 is 15.8 Å². The third-order valence-corrected chi connectivity index (χ3v) is 2.98. The summed E-state index contributed by atoms with van der Waals surface area (Å²) in [7, 11) is -3.45. The van der Waals surface area contributed by atoms with Crippen molar-refractivity contribution in [1.82, 2.24) is 0 Å². The van der Waals surface area contributed by atoms with Gasteiger partial charge in [0.2, 0.25) is 0 Å². The Morgan fingerprint density at radius 1 is 1.40 bits per heavy atom. The van der Waals surface area contributed by atoms with Gasteiger partial charge in [-0.1, -0.05) is 0 Å². The molecule has 0 heterocycles. The summed E-state index contributed by atoms with van der Waals surface area (Å²) in [4.78, 5) is 11.2. The summed E-state index contributed by atoms with van der Waals surface area (Å²) >= 11 is 0. The van der Waals surface area contributed by atoms with Crippen molar-refractivity contribution in [2.75, 3.05) is 11.5 Å². The van der Waals surface area contributed by atoms with Crippen LogP contribution in [0.3, 0.4) is 0 Å². The van der Waals surface area contributed by atoms with E-state index < -0.39 is 33.2 Å². The third-order valence-electron chi connectivity index (χ3n) is 1.27. The van der Waals surface area contributed by atoms with Gasteiger partial charge in [0, 0.05) is 6.04 Å². The minimum atomic E-state index is -3.45. The van der Waals surface area contributed by atoms with Gasteiger partial charge >= 0.3 is 5.97 Å².